The van der Waals surface area contributed by atoms with Gasteiger partial charge in [-0.05, 0) is 53.9 Å². The lowest BCUT2D eigenvalue weighted by Crippen LogP contribution is -2.46. The van der Waals surface area contributed by atoms with E-state index < -0.39 is 0 Å². The molecular weight excluding hydrogens is 616 g/mol. The van der Waals surface area contributed by atoms with Crippen LogP contribution in [-0.2, 0) is 35.6 Å². The molecule has 6 heterocycles. The molecule has 0 saturated carbocycles. The van der Waals surface area contributed by atoms with Gasteiger partial charge in [0.2, 0.25) is 5.91 Å². The summed E-state index contributed by atoms with van der Waals surface area (Å²) in [5, 5.41) is 10.4. The summed E-state index contributed by atoms with van der Waals surface area (Å²) in [6.07, 6.45) is 3.63. The van der Waals surface area contributed by atoms with Crippen LogP contribution >= 0.6 is 0 Å². The number of rotatable bonds is 7. The van der Waals surface area contributed by atoms with Gasteiger partial charge in [-0.25, -0.2) is 9.67 Å². The van der Waals surface area contributed by atoms with Crippen molar-refractivity contribution in [1.29, 1.82) is 0 Å². The van der Waals surface area contributed by atoms with E-state index in [0.717, 1.165) is 28.0 Å². The number of hydrogen-bond acceptors (Lipinski definition) is 10. The number of nitrogens with zero attached hydrogens (tertiary/aromatic N) is 4. The molecule has 48 heavy (non-hydrogen) atoms. The first-order chi connectivity index (χ1) is 23.4. The van der Waals surface area contributed by atoms with Crippen LogP contribution < -0.4 is 34.3 Å². The summed E-state index contributed by atoms with van der Waals surface area (Å²) in [5.74, 6) is 2.55. The summed E-state index contributed by atoms with van der Waals surface area (Å²) in [6.45, 7) is 2.38. The third-order valence-electron chi connectivity index (χ3n) is 8.49. The third kappa shape index (κ3) is 7.97. The zero-order valence-electron chi connectivity index (χ0n) is 27.3. The molecule has 4 bridgehead atoms. The second kappa shape index (κ2) is 15.1. The number of hydrogen-bond donors (Lipinski definition) is 2. The fraction of sp³-hybridized carbons (Fsp3) is 0.371. The molecule has 4 aromatic rings. The number of carbonyl (C=O) groups excluding carboxylic acids is 2. The number of carbonyl (C=O) groups is 2. The van der Waals surface area contributed by atoms with Gasteiger partial charge in [0.25, 0.3) is 5.91 Å². The van der Waals surface area contributed by atoms with Gasteiger partial charge in [-0.1, -0.05) is 12.1 Å². The predicted octanol–water partition coefficient (Wildman–Crippen LogP) is 2.74. The smallest absolute Gasteiger partial charge is 0.258 e. The van der Waals surface area contributed by atoms with Gasteiger partial charge in [0.15, 0.2) is 18.1 Å². The van der Waals surface area contributed by atoms with E-state index in [-0.39, 0.29) is 30.6 Å². The minimum Gasteiger partial charge on any atom is -0.496 e. The van der Waals surface area contributed by atoms with E-state index in [9.17, 15) is 9.59 Å². The van der Waals surface area contributed by atoms with Gasteiger partial charge in [0.05, 0.1) is 33.9 Å². The van der Waals surface area contributed by atoms with Gasteiger partial charge in [-0.2, -0.15) is 5.10 Å². The average Bonchev–Trinajstić information content (AvgIpc) is 3.74. The largest absolute Gasteiger partial charge is 0.496 e. The topological polar surface area (TPSA) is 138 Å². The molecule has 1 fully saturated rings. The Hall–Kier alpha value is -5.30. The quantitative estimate of drug-likeness (QED) is 0.306. The lowest BCUT2D eigenvalue weighted by molar-refractivity contribution is -0.124. The minimum absolute atomic E-state index is 0.0842. The first-order valence-corrected chi connectivity index (χ1v) is 15.8. The lowest BCUT2D eigenvalue weighted by atomic mass is 10.1. The summed E-state index contributed by atoms with van der Waals surface area (Å²) in [4.78, 5) is 32.2. The average molecular weight is 657 g/mol. The number of amides is 2. The molecule has 5 aliphatic heterocycles. The van der Waals surface area contributed by atoms with Crippen LogP contribution in [0.15, 0.2) is 67.3 Å². The van der Waals surface area contributed by atoms with Crippen molar-refractivity contribution in [2.45, 2.75) is 44.6 Å². The number of methoxy groups -OCH3 is 3. The van der Waals surface area contributed by atoms with Gasteiger partial charge in [0, 0.05) is 49.8 Å². The molecule has 1 saturated heterocycles. The van der Waals surface area contributed by atoms with E-state index >= 15 is 0 Å². The highest BCUT2D eigenvalue weighted by Gasteiger charge is 2.36. The SMILES string of the molecule is COc1cc2ccc1CNC(=O)CCc1ccc(c(OC)c1)OCC(=O)N[C@@H]1CN(Cc3ccc(OC)c(Cn4cncn4)c3)C[C@H]1O2. The Morgan fingerprint density at radius 2 is 1.73 bits per heavy atom. The van der Waals surface area contributed by atoms with Crippen molar-refractivity contribution in [1.82, 2.24) is 30.3 Å². The lowest BCUT2D eigenvalue weighted by Gasteiger charge is -2.22. The zero-order chi connectivity index (χ0) is 33.5. The van der Waals surface area contributed by atoms with Crippen molar-refractivity contribution in [2.75, 3.05) is 41.0 Å². The van der Waals surface area contributed by atoms with Gasteiger partial charge >= 0.3 is 0 Å². The maximum atomic E-state index is 13.3. The molecule has 3 aromatic carbocycles. The highest BCUT2D eigenvalue weighted by molar-refractivity contribution is 5.78. The molecule has 0 spiro atoms. The predicted molar refractivity (Wildman–Crippen MR) is 175 cm³/mol. The summed E-state index contributed by atoms with van der Waals surface area (Å²) in [7, 11) is 4.79. The highest BCUT2D eigenvalue weighted by Crippen LogP contribution is 2.30. The van der Waals surface area contributed by atoms with Crippen LogP contribution in [0.2, 0.25) is 0 Å². The molecular formula is C35H40N6O7. The summed E-state index contributed by atoms with van der Waals surface area (Å²) < 4.78 is 30.9. The maximum absolute atomic E-state index is 13.3. The number of benzene rings is 3. The molecule has 1 aromatic heterocycles. The molecule has 252 valence electrons. The first kappa shape index (κ1) is 32.6. The van der Waals surface area contributed by atoms with Crippen LogP contribution in [0.25, 0.3) is 0 Å². The molecule has 0 unspecified atom stereocenters. The number of likely N-dealkylation sites (tertiary alicyclic amines) is 1. The van der Waals surface area contributed by atoms with Crippen molar-refractivity contribution in [3.05, 3.63) is 89.5 Å². The standard InChI is InChI=1S/C35H40N6O7/c1-44-29-9-5-24(12-26(29)17-41-22-36-21-38-41)16-40-18-28-33(19-40)48-27-8-7-25(31(14-27)45-2)15-37-34(42)11-6-23-4-10-30(32(13-23)46-3)47-20-35(43)39-28/h4-5,7-10,12-14,21-22,28,33H,6,11,15-20H2,1-3H3,(H,37,42)(H,39,43)/t28-,33-/m1/s1. The molecule has 2 amide bonds. The molecule has 5 aliphatic rings. The number of aromatic nitrogens is 3. The maximum Gasteiger partial charge on any atom is 0.258 e. The Morgan fingerprint density at radius 3 is 2.52 bits per heavy atom. The second-order valence-corrected chi connectivity index (χ2v) is 11.8. The first-order valence-electron chi connectivity index (χ1n) is 15.8. The highest BCUT2D eigenvalue weighted by atomic mass is 16.5. The van der Waals surface area contributed by atoms with Crippen LogP contribution in [-0.4, -0.2) is 84.7 Å². The fourth-order valence-electron chi connectivity index (χ4n) is 6.08. The van der Waals surface area contributed by atoms with Gasteiger partial charge in [-0.3, -0.25) is 14.5 Å². The van der Waals surface area contributed by atoms with E-state index in [1.807, 2.05) is 42.5 Å². The van der Waals surface area contributed by atoms with E-state index in [0.29, 0.717) is 68.6 Å². The Bertz CT molecular complexity index is 1730. The van der Waals surface area contributed by atoms with Crippen molar-refractivity contribution in [3.63, 3.8) is 0 Å². The molecule has 13 heteroatoms. The fourth-order valence-corrected chi connectivity index (χ4v) is 6.08. The Kier molecular flexibility index (Phi) is 10.2. The Morgan fingerprint density at radius 1 is 0.875 bits per heavy atom. The van der Waals surface area contributed by atoms with Gasteiger partial charge in [-0.15, -0.1) is 0 Å². The molecule has 2 atom stereocenters. The van der Waals surface area contributed by atoms with E-state index in [1.165, 1.54) is 6.33 Å². The number of aryl methyl sites for hydroxylation is 1. The zero-order valence-corrected chi connectivity index (χ0v) is 27.3. The minimum atomic E-state index is -0.364. The van der Waals surface area contributed by atoms with Gasteiger partial charge in [0.1, 0.15) is 36.0 Å². The number of nitrogens with one attached hydrogen (secondary N) is 2. The second-order valence-electron chi connectivity index (χ2n) is 11.8. The molecule has 2 N–H and O–H groups in total. The third-order valence-corrected chi connectivity index (χ3v) is 8.49. The van der Waals surface area contributed by atoms with Gasteiger partial charge < -0.3 is 34.3 Å². The molecule has 9 rings (SSSR count). The summed E-state index contributed by atoms with van der Waals surface area (Å²) in [6, 6.07) is 16.8. The monoisotopic (exact) mass is 656 g/mol. The normalized spacial score (nSPS) is 18.6. The number of ether oxygens (including phenoxy) is 5. The molecule has 0 aliphatic carbocycles. The van der Waals surface area contributed by atoms with E-state index in [2.05, 4.69) is 31.7 Å². The van der Waals surface area contributed by atoms with Crippen LogP contribution in [0.5, 0.6) is 28.7 Å². The van der Waals surface area contributed by atoms with Crippen molar-refractivity contribution < 1.29 is 33.3 Å². The van der Waals surface area contributed by atoms with Crippen LogP contribution in [0.4, 0.5) is 0 Å². The molecule has 13 nitrogen and oxygen atoms in total. The Labute approximate surface area is 279 Å². The van der Waals surface area contributed by atoms with Crippen molar-refractivity contribution in [2.24, 2.45) is 0 Å². The van der Waals surface area contributed by atoms with Crippen LogP contribution in [0.3, 0.4) is 0 Å². The van der Waals surface area contributed by atoms with Crippen molar-refractivity contribution >= 4 is 11.8 Å². The van der Waals surface area contributed by atoms with Crippen LogP contribution in [0, 0.1) is 0 Å². The Balaban J connectivity index is 1.24. The van der Waals surface area contributed by atoms with E-state index in [4.69, 9.17) is 23.7 Å². The summed E-state index contributed by atoms with van der Waals surface area (Å²) >= 11 is 0. The van der Waals surface area contributed by atoms with Crippen LogP contribution in [0.1, 0.15) is 28.7 Å². The molecule has 0 radical (unpaired) electrons. The van der Waals surface area contributed by atoms with E-state index in [1.54, 1.807) is 38.4 Å². The van der Waals surface area contributed by atoms with Crippen molar-refractivity contribution in [3.8, 4) is 28.7 Å². The summed E-state index contributed by atoms with van der Waals surface area (Å²) in [5.41, 5.74) is 3.82.